The molecule has 7 nitrogen and oxygen atoms in total. The maximum Gasteiger partial charge on any atom is 0.338 e. The van der Waals surface area contributed by atoms with Crippen molar-refractivity contribution in [3.63, 3.8) is 0 Å². The molecular weight excluding hydrogens is 406 g/mol. The van der Waals surface area contributed by atoms with Crippen LogP contribution in [0.5, 0.6) is 0 Å². The van der Waals surface area contributed by atoms with Gasteiger partial charge < -0.3 is 10.1 Å². The lowest BCUT2D eigenvalue weighted by Crippen LogP contribution is -2.30. The lowest BCUT2D eigenvalue weighted by molar-refractivity contribution is -0.123. The number of esters is 1. The minimum atomic E-state index is -3.74. The molecule has 2 aromatic rings. The number of nitrogens with one attached hydrogen (secondary N) is 2. The first-order valence-corrected chi connectivity index (χ1v) is 9.80. The number of rotatable bonds is 8. The van der Waals surface area contributed by atoms with Crippen LogP contribution >= 0.6 is 0 Å². The van der Waals surface area contributed by atoms with Gasteiger partial charge in [0.05, 0.1) is 16.1 Å². The topological polar surface area (TPSA) is 102 Å². The average molecular weight is 424 g/mol. The highest BCUT2D eigenvalue weighted by Crippen LogP contribution is 2.16. The lowest BCUT2D eigenvalue weighted by atomic mass is 10.2. The molecule has 1 unspecified atom stereocenters. The molecule has 0 fully saturated rings. The standard InChI is InChI=1S/C19H18F2N2O5S/c1-3-10-22-29(26,27)15-7-4-13(5-8-15)19(25)28-12(2)18(24)23-17-9-6-14(20)11-16(17)21/h3-9,11-12,22H,1,10H2,2H3,(H,23,24). The molecule has 0 aliphatic rings. The predicted octanol–water partition coefficient (Wildman–Crippen LogP) is 2.61. The molecule has 154 valence electrons. The summed E-state index contributed by atoms with van der Waals surface area (Å²) in [5, 5.41) is 2.19. The number of hydrogen-bond acceptors (Lipinski definition) is 5. The molecule has 1 amide bonds. The van der Waals surface area contributed by atoms with Crippen molar-refractivity contribution in [1.29, 1.82) is 0 Å². The van der Waals surface area contributed by atoms with Crippen molar-refractivity contribution in [2.75, 3.05) is 11.9 Å². The summed E-state index contributed by atoms with van der Waals surface area (Å²) in [4.78, 5) is 24.1. The monoisotopic (exact) mass is 424 g/mol. The van der Waals surface area contributed by atoms with Crippen LogP contribution in [0.2, 0.25) is 0 Å². The van der Waals surface area contributed by atoms with E-state index in [1.165, 1.54) is 37.3 Å². The molecule has 0 aliphatic heterocycles. The van der Waals surface area contributed by atoms with Crippen molar-refractivity contribution in [2.24, 2.45) is 0 Å². The molecular formula is C19H18F2N2O5S. The third kappa shape index (κ3) is 5.93. The second-order valence-corrected chi connectivity index (χ2v) is 7.59. The SMILES string of the molecule is C=CCNS(=O)(=O)c1ccc(C(=O)OC(C)C(=O)Nc2ccc(F)cc2F)cc1. The van der Waals surface area contributed by atoms with Gasteiger partial charge in [-0.05, 0) is 43.3 Å². The van der Waals surface area contributed by atoms with Crippen LogP contribution in [-0.2, 0) is 19.6 Å². The Kier molecular flexibility index (Phi) is 7.18. The van der Waals surface area contributed by atoms with E-state index >= 15 is 0 Å². The number of ether oxygens (including phenoxy) is 1. The number of carbonyl (C=O) groups is 2. The summed E-state index contributed by atoms with van der Waals surface area (Å²) >= 11 is 0. The van der Waals surface area contributed by atoms with Gasteiger partial charge in [-0.2, -0.15) is 0 Å². The smallest absolute Gasteiger partial charge is 0.338 e. The first-order chi connectivity index (χ1) is 13.6. The number of halogens is 2. The van der Waals surface area contributed by atoms with E-state index in [9.17, 15) is 26.8 Å². The lowest BCUT2D eigenvalue weighted by Gasteiger charge is -2.14. The van der Waals surface area contributed by atoms with Crippen LogP contribution < -0.4 is 10.0 Å². The normalized spacial score (nSPS) is 12.1. The Bertz CT molecular complexity index is 1020. The van der Waals surface area contributed by atoms with Gasteiger partial charge in [0.2, 0.25) is 10.0 Å². The van der Waals surface area contributed by atoms with Gasteiger partial charge >= 0.3 is 5.97 Å². The molecule has 0 aromatic heterocycles. The van der Waals surface area contributed by atoms with Crippen molar-refractivity contribution in [2.45, 2.75) is 17.9 Å². The van der Waals surface area contributed by atoms with Gasteiger partial charge in [0.1, 0.15) is 11.6 Å². The summed E-state index contributed by atoms with van der Waals surface area (Å²) < 4.78 is 57.7. The van der Waals surface area contributed by atoms with Crippen molar-refractivity contribution < 1.29 is 31.5 Å². The van der Waals surface area contributed by atoms with Crippen LogP contribution in [0.25, 0.3) is 0 Å². The average Bonchev–Trinajstić information content (AvgIpc) is 2.68. The zero-order valence-corrected chi connectivity index (χ0v) is 16.1. The van der Waals surface area contributed by atoms with Crippen LogP contribution in [-0.4, -0.2) is 32.9 Å². The molecule has 1 atom stereocenters. The highest BCUT2D eigenvalue weighted by molar-refractivity contribution is 7.89. The molecule has 0 saturated carbocycles. The van der Waals surface area contributed by atoms with Gasteiger partial charge in [0.15, 0.2) is 6.10 Å². The largest absolute Gasteiger partial charge is 0.449 e. The second-order valence-electron chi connectivity index (χ2n) is 5.83. The number of sulfonamides is 1. The van der Waals surface area contributed by atoms with Crippen LogP contribution in [0, 0.1) is 11.6 Å². The Balaban J connectivity index is 2.01. The fourth-order valence-electron chi connectivity index (χ4n) is 2.13. The molecule has 0 aliphatic carbocycles. The number of anilines is 1. The van der Waals surface area contributed by atoms with Gasteiger partial charge in [0.25, 0.3) is 5.91 Å². The van der Waals surface area contributed by atoms with E-state index in [2.05, 4.69) is 16.6 Å². The summed E-state index contributed by atoms with van der Waals surface area (Å²) in [6.45, 7) is 4.73. The number of benzene rings is 2. The van der Waals surface area contributed by atoms with E-state index in [0.29, 0.717) is 6.07 Å². The molecule has 29 heavy (non-hydrogen) atoms. The molecule has 2 rings (SSSR count). The number of hydrogen-bond donors (Lipinski definition) is 2. The van der Waals surface area contributed by atoms with E-state index in [-0.39, 0.29) is 22.7 Å². The summed E-state index contributed by atoms with van der Waals surface area (Å²) in [7, 11) is -3.74. The van der Waals surface area contributed by atoms with Gasteiger partial charge in [0, 0.05) is 12.6 Å². The van der Waals surface area contributed by atoms with E-state index in [1.54, 1.807) is 0 Å². The van der Waals surface area contributed by atoms with Crippen molar-refractivity contribution in [3.8, 4) is 0 Å². The Labute approximate surface area is 166 Å². The molecule has 0 radical (unpaired) electrons. The summed E-state index contributed by atoms with van der Waals surface area (Å²) in [5.74, 6) is -3.48. The Morgan fingerprint density at radius 2 is 1.83 bits per heavy atom. The van der Waals surface area contributed by atoms with Crippen LogP contribution in [0.15, 0.2) is 60.0 Å². The zero-order chi connectivity index (χ0) is 21.6. The summed E-state index contributed by atoms with van der Waals surface area (Å²) in [6, 6.07) is 7.49. The summed E-state index contributed by atoms with van der Waals surface area (Å²) in [5.41, 5.74) is -0.249. The Morgan fingerprint density at radius 3 is 2.41 bits per heavy atom. The Hall–Kier alpha value is -3.11. The van der Waals surface area contributed by atoms with E-state index in [0.717, 1.165) is 12.1 Å². The molecule has 0 heterocycles. The van der Waals surface area contributed by atoms with E-state index in [4.69, 9.17) is 4.74 Å². The van der Waals surface area contributed by atoms with Gasteiger partial charge in [-0.1, -0.05) is 6.08 Å². The maximum atomic E-state index is 13.6. The quantitative estimate of drug-likeness (QED) is 0.501. The minimum Gasteiger partial charge on any atom is -0.449 e. The Morgan fingerprint density at radius 1 is 1.17 bits per heavy atom. The number of carbonyl (C=O) groups excluding carboxylic acids is 2. The highest BCUT2D eigenvalue weighted by Gasteiger charge is 2.21. The predicted molar refractivity (Wildman–Crippen MR) is 102 cm³/mol. The highest BCUT2D eigenvalue weighted by atomic mass is 32.2. The maximum absolute atomic E-state index is 13.6. The second kappa shape index (κ2) is 9.39. The van der Waals surface area contributed by atoms with Crippen molar-refractivity contribution >= 4 is 27.6 Å². The first-order valence-electron chi connectivity index (χ1n) is 8.31. The molecule has 2 aromatic carbocycles. The fourth-order valence-corrected chi connectivity index (χ4v) is 3.13. The number of amides is 1. The van der Waals surface area contributed by atoms with Crippen LogP contribution in [0.4, 0.5) is 14.5 Å². The first kappa shape index (κ1) is 22.2. The zero-order valence-electron chi connectivity index (χ0n) is 15.3. The van der Waals surface area contributed by atoms with Gasteiger partial charge in [-0.15, -0.1) is 6.58 Å². The molecule has 10 heteroatoms. The molecule has 0 saturated heterocycles. The van der Waals surface area contributed by atoms with E-state index < -0.39 is 39.6 Å². The summed E-state index contributed by atoms with van der Waals surface area (Å²) in [6.07, 6.45) is 0.0951. The van der Waals surface area contributed by atoms with Crippen molar-refractivity contribution in [3.05, 3.63) is 72.3 Å². The van der Waals surface area contributed by atoms with Crippen molar-refractivity contribution in [1.82, 2.24) is 4.72 Å². The van der Waals surface area contributed by atoms with Crippen LogP contribution in [0.1, 0.15) is 17.3 Å². The van der Waals surface area contributed by atoms with E-state index in [1.807, 2.05) is 0 Å². The minimum absolute atomic E-state index is 0.0142. The fraction of sp³-hybridized carbons (Fsp3) is 0.158. The van der Waals surface area contributed by atoms with Gasteiger partial charge in [-0.25, -0.2) is 26.7 Å². The molecule has 0 spiro atoms. The molecule has 2 N–H and O–H groups in total. The third-order valence-corrected chi connectivity index (χ3v) is 5.10. The third-order valence-electron chi connectivity index (χ3n) is 3.66. The molecule has 0 bridgehead atoms. The van der Waals surface area contributed by atoms with Gasteiger partial charge in [-0.3, -0.25) is 4.79 Å². The van der Waals surface area contributed by atoms with Crippen LogP contribution in [0.3, 0.4) is 0 Å².